The summed E-state index contributed by atoms with van der Waals surface area (Å²) in [5, 5.41) is 0. The first kappa shape index (κ1) is 10.1. The number of imidazole rings is 1. The first-order valence-corrected chi connectivity index (χ1v) is 4.46. The lowest BCUT2D eigenvalue weighted by Gasteiger charge is -2.28. The number of nitrogens with one attached hydrogen (secondary N) is 1. The van der Waals surface area contributed by atoms with Crippen LogP contribution in [0.2, 0.25) is 0 Å². The third-order valence-electron chi connectivity index (χ3n) is 2.06. The summed E-state index contributed by atoms with van der Waals surface area (Å²) in [4.78, 5) is 9.30. The quantitative estimate of drug-likeness (QED) is 0.725. The van der Waals surface area contributed by atoms with Crippen molar-refractivity contribution < 1.29 is 0 Å². The van der Waals surface area contributed by atoms with Crippen molar-refractivity contribution in [3.63, 3.8) is 0 Å². The van der Waals surface area contributed by atoms with Crippen LogP contribution in [0.1, 0.15) is 13.8 Å². The van der Waals surface area contributed by atoms with Crippen LogP contribution in [-0.4, -0.2) is 30.1 Å². The van der Waals surface area contributed by atoms with E-state index < -0.39 is 0 Å². The average molecular weight is 182 g/mol. The molecule has 4 heteroatoms. The summed E-state index contributed by atoms with van der Waals surface area (Å²) in [6.07, 6.45) is 3.57. The van der Waals surface area contributed by atoms with Crippen LogP contribution in [-0.2, 0) is 0 Å². The van der Waals surface area contributed by atoms with Crippen molar-refractivity contribution >= 4 is 5.95 Å². The van der Waals surface area contributed by atoms with E-state index in [4.69, 9.17) is 5.73 Å². The van der Waals surface area contributed by atoms with Crippen molar-refractivity contribution in [3.05, 3.63) is 12.4 Å². The fraction of sp³-hybridized carbons (Fsp3) is 0.667. The Hall–Kier alpha value is -1.03. The second kappa shape index (κ2) is 3.79. The molecule has 74 valence electrons. The lowest BCUT2D eigenvalue weighted by Crippen LogP contribution is -2.37. The van der Waals surface area contributed by atoms with Gasteiger partial charge in [-0.1, -0.05) is 13.8 Å². The molecule has 0 aliphatic rings. The van der Waals surface area contributed by atoms with Crippen molar-refractivity contribution in [2.45, 2.75) is 13.8 Å². The monoisotopic (exact) mass is 182 g/mol. The average Bonchev–Trinajstić information content (AvgIpc) is 2.55. The predicted octanol–water partition coefficient (Wildman–Crippen LogP) is 0.831. The minimum atomic E-state index is 0.127. The first-order chi connectivity index (χ1) is 6.05. The van der Waals surface area contributed by atoms with Crippen LogP contribution < -0.4 is 10.6 Å². The molecule has 4 nitrogen and oxygen atoms in total. The standard InChI is InChI=1S/C9H18N4/c1-9(2,6-10)7-13(3)8-11-4-5-12-8/h4-5H,6-7,10H2,1-3H3,(H,11,12). The fourth-order valence-corrected chi connectivity index (χ4v) is 1.25. The Labute approximate surface area is 79.1 Å². The van der Waals surface area contributed by atoms with Crippen LogP contribution in [0.3, 0.4) is 0 Å². The largest absolute Gasteiger partial charge is 0.345 e. The summed E-state index contributed by atoms with van der Waals surface area (Å²) >= 11 is 0. The zero-order valence-corrected chi connectivity index (χ0v) is 8.54. The van der Waals surface area contributed by atoms with E-state index in [0.717, 1.165) is 12.5 Å². The van der Waals surface area contributed by atoms with Gasteiger partial charge in [-0.25, -0.2) is 4.98 Å². The molecule has 0 aliphatic heterocycles. The Kier molecular flexibility index (Phi) is 2.93. The van der Waals surface area contributed by atoms with Crippen LogP contribution in [0.25, 0.3) is 0 Å². The smallest absolute Gasteiger partial charge is 0.202 e. The molecule has 1 heterocycles. The molecular formula is C9H18N4. The number of rotatable bonds is 4. The third kappa shape index (κ3) is 2.73. The van der Waals surface area contributed by atoms with Gasteiger partial charge in [0.2, 0.25) is 5.95 Å². The number of nitrogens with zero attached hydrogens (tertiary/aromatic N) is 2. The molecule has 0 radical (unpaired) electrons. The topological polar surface area (TPSA) is 57.9 Å². The molecule has 0 saturated carbocycles. The van der Waals surface area contributed by atoms with Gasteiger partial charge in [0, 0.05) is 26.0 Å². The zero-order chi connectivity index (χ0) is 9.90. The Morgan fingerprint density at radius 1 is 1.62 bits per heavy atom. The van der Waals surface area contributed by atoms with Crippen LogP contribution in [0.15, 0.2) is 12.4 Å². The number of hydrogen-bond acceptors (Lipinski definition) is 3. The minimum Gasteiger partial charge on any atom is -0.345 e. The van der Waals surface area contributed by atoms with Gasteiger partial charge in [0.15, 0.2) is 0 Å². The van der Waals surface area contributed by atoms with Crippen LogP contribution in [0.4, 0.5) is 5.95 Å². The molecule has 1 rings (SSSR count). The van der Waals surface area contributed by atoms with Gasteiger partial charge in [-0.3, -0.25) is 0 Å². The van der Waals surface area contributed by atoms with E-state index in [1.807, 2.05) is 13.2 Å². The second-order valence-corrected chi connectivity index (χ2v) is 4.14. The number of aromatic nitrogens is 2. The lowest BCUT2D eigenvalue weighted by atomic mass is 9.93. The second-order valence-electron chi connectivity index (χ2n) is 4.14. The molecule has 0 unspecified atom stereocenters. The molecule has 0 atom stereocenters. The van der Waals surface area contributed by atoms with E-state index >= 15 is 0 Å². The van der Waals surface area contributed by atoms with Crippen LogP contribution in [0, 0.1) is 5.41 Å². The van der Waals surface area contributed by atoms with Gasteiger partial charge >= 0.3 is 0 Å². The summed E-state index contributed by atoms with van der Waals surface area (Å²) in [6, 6.07) is 0. The Bertz CT molecular complexity index is 240. The highest BCUT2D eigenvalue weighted by molar-refractivity contribution is 5.27. The molecule has 1 aromatic rings. The van der Waals surface area contributed by atoms with Gasteiger partial charge in [-0.05, 0) is 12.0 Å². The Balaban J connectivity index is 2.56. The fourth-order valence-electron chi connectivity index (χ4n) is 1.25. The summed E-state index contributed by atoms with van der Waals surface area (Å²) in [5.74, 6) is 0.890. The SMILES string of the molecule is CN(CC(C)(C)CN)c1ncc[nH]1. The molecule has 13 heavy (non-hydrogen) atoms. The number of H-pyrrole nitrogens is 1. The van der Waals surface area contributed by atoms with Crippen LogP contribution >= 0.6 is 0 Å². The van der Waals surface area contributed by atoms with Crippen molar-refractivity contribution in [2.24, 2.45) is 11.1 Å². The van der Waals surface area contributed by atoms with E-state index in [9.17, 15) is 0 Å². The molecule has 0 aliphatic carbocycles. The van der Waals surface area contributed by atoms with Gasteiger partial charge < -0.3 is 15.6 Å². The predicted molar refractivity (Wildman–Crippen MR) is 54.7 cm³/mol. The Morgan fingerprint density at radius 3 is 2.77 bits per heavy atom. The highest BCUT2D eigenvalue weighted by atomic mass is 15.2. The third-order valence-corrected chi connectivity index (χ3v) is 2.06. The van der Waals surface area contributed by atoms with Gasteiger partial charge in [0.25, 0.3) is 0 Å². The van der Waals surface area contributed by atoms with E-state index in [-0.39, 0.29) is 5.41 Å². The van der Waals surface area contributed by atoms with Gasteiger partial charge in [0.1, 0.15) is 0 Å². The number of anilines is 1. The normalized spacial score (nSPS) is 11.7. The van der Waals surface area contributed by atoms with E-state index in [1.54, 1.807) is 6.20 Å². The molecule has 0 amide bonds. The number of hydrogen-bond donors (Lipinski definition) is 2. The summed E-state index contributed by atoms with van der Waals surface area (Å²) < 4.78 is 0. The molecular weight excluding hydrogens is 164 g/mol. The first-order valence-electron chi connectivity index (χ1n) is 4.46. The van der Waals surface area contributed by atoms with Gasteiger partial charge in [0.05, 0.1) is 0 Å². The molecule has 0 bridgehead atoms. The zero-order valence-electron chi connectivity index (χ0n) is 8.54. The van der Waals surface area contributed by atoms with Gasteiger partial charge in [-0.2, -0.15) is 0 Å². The number of aromatic amines is 1. The maximum atomic E-state index is 5.65. The van der Waals surface area contributed by atoms with Crippen molar-refractivity contribution in [1.29, 1.82) is 0 Å². The molecule has 0 saturated heterocycles. The molecule has 3 N–H and O–H groups in total. The van der Waals surface area contributed by atoms with E-state index in [1.165, 1.54) is 0 Å². The maximum absolute atomic E-state index is 5.65. The maximum Gasteiger partial charge on any atom is 0.202 e. The van der Waals surface area contributed by atoms with E-state index in [2.05, 4.69) is 28.7 Å². The van der Waals surface area contributed by atoms with Crippen LogP contribution in [0.5, 0.6) is 0 Å². The highest BCUT2D eigenvalue weighted by Gasteiger charge is 2.18. The summed E-state index contributed by atoms with van der Waals surface area (Å²) in [6.45, 7) is 5.87. The van der Waals surface area contributed by atoms with E-state index in [0.29, 0.717) is 6.54 Å². The lowest BCUT2D eigenvalue weighted by molar-refractivity contribution is 0.383. The summed E-state index contributed by atoms with van der Waals surface area (Å²) in [7, 11) is 2.01. The van der Waals surface area contributed by atoms with Gasteiger partial charge in [-0.15, -0.1) is 0 Å². The van der Waals surface area contributed by atoms with Crippen molar-refractivity contribution in [3.8, 4) is 0 Å². The van der Waals surface area contributed by atoms with Crippen molar-refractivity contribution in [2.75, 3.05) is 25.0 Å². The Morgan fingerprint density at radius 2 is 2.31 bits per heavy atom. The highest BCUT2D eigenvalue weighted by Crippen LogP contribution is 2.16. The molecule has 1 aromatic heterocycles. The van der Waals surface area contributed by atoms with Crippen molar-refractivity contribution in [1.82, 2.24) is 9.97 Å². The number of nitrogens with two attached hydrogens (primary N) is 1. The molecule has 0 aromatic carbocycles. The molecule has 0 fully saturated rings. The summed E-state index contributed by atoms with van der Waals surface area (Å²) in [5.41, 5.74) is 5.78. The molecule has 0 spiro atoms. The minimum absolute atomic E-state index is 0.127.